The normalized spacial score (nSPS) is 25.5. The summed E-state index contributed by atoms with van der Waals surface area (Å²) in [6.45, 7) is 3.31. The zero-order chi connectivity index (χ0) is 16.0. The smallest absolute Gasteiger partial charge is 0.211 e. The fourth-order valence-electron chi connectivity index (χ4n) is 3.35. The quantitative estimate of drug-likeness (QED) is 0.756. The first-order valence-electron chi connectivity index (χ1n) is 8.58. The van der Waals surface area contributed by atoms with E-state index >= 15 is 0 Å². The van der Waals surface area contributed by atoms with E-state index < -0.39 is 10.0 Å². The zero-order valence-electron chi connectivity index (χ0n) is 13.6. The van der Waals surface area contributed by atoms with E-state index in [0.29, 0.717) is 19.7 Å². The Balaban J connectivity index is 1.54. The Kier molecular flexibility index (Phi) is 3.98. The van der Waals surface area contributed by atoms with Gasteiger partial charge in [0.15, 0.2) is 0 Å². The van der Waals surface area contributed by atoms with Crippen LogP contribution in [0.2, 0.25) is 0 Å². The van der Waals surface area contributed by atoms with Gasteiger partial charge < -0.3 is 4.74 Å². The Hall–Kier alpha value is -0.920. The summed E-state index contributed by atoms with van der Waals surface area (Å²) in [6.07, 6.45) is 8.24. The van der Waals surface area contributed by atoms with Crippen LogP contribution >= 0.6 is 0 Å². The molecule has 2 aliphatic carbocycles. The van der Waals surface area contributed by atoms with E-state index in [9.17, 15) is 8.42 Å². The molecule has 1 aromatic heterocycles. The van der Waals surface area contributed by atoms with Crippen molar-refractivity contribution >= 4 is 10.0 Å². The van der Waals surface area contributed by atoms with E-state index in [2.05, 4.69) is 9.78 Å². The largest absolute Gasteiger partial charge is 0.380 e. The highest BCUT2D eigenvalue weighted by Crippen LogP contribution is 2.35. The minimum Gasteiger partial charge on any atom is -0.380 e. The van der Waals surface area contributed by atoms with Crippen molar-refractivity contribution in [2.75, 3.05) is 26.0 Å². The van der Waals surface area contributed by atoms with Crippen molar-refractivity contribution in [2.24, 2.45) is 11.8 Å². The predicted octanol–water partition coefficient (Wildman–Crippen LogP) is 1.58. The van der Waals surface area contributed by atoms with Crippen molar-refractivity contribution in [1.82, 2.24) is 14.1 Å². The number of ether oxygens (including phenoxy) is 1. The molecule has 2 saturated carbocycles. The maximum atomic E-state index is 12.0. The van der Waals surface area contributed by atoms with Crippen molar-refractivity contribution in [3.63, 3.8) is 0 Å². The molecule has 0 saturated heterocycles. The molecule has 0 N–H and O–H groups in total. The topological polar surface area (TPSA) is 64.4 Å². The van der Waals surface area contributed by atoms with Crippen molar-refractivity contribution in [3.05, 3.63) is 17.5 Å². The van der Waals surface area contributed by atoms with Crippen LogP contribution in [0.4, 0.5) is 0 Å². The maximum absolute atomic E-state index is 12.0. The van der Waals surface area contributed by atoms with Gasteiger partial charge in [0, 0.05) is 43.4 Å². The lowest BCUT2D eigenvalue weighted by Gasteiger charge is -2.31. The molecule has 0 bridgehead atoms. The molecule has 3 aliphatic rings. The molecule has 0 unspecified atom stereocenters. The third-order valence-corrected chi connectivity index (χ3v) is 6.30. The lowest BCUT2D eigenvalue weighted by Crippen LogP contribution is -2.39. The molecule has 4 rings (SSSR count). The lowest BCUT2D eigenvalue weighted by molar-refractivity contribution is 0.0994. The molecule has 0 radical (unpaired) electrons. The predicted molar refractivity (Wildman–Crippen MR) is 86.5 cm³/mol. The fraction of sp³-hybridized carbons (Fsp3) is 0.812. The van der Waals surface area contributed by atoms with Crippen LogP contribution in [0.3, 0.4) is 0 Å². The Morgan fingerprint density at radius 1 is 1.22 bits per heavy atom. The number of sulfonamides is 1. The number of hydrogen-bond acceptors (Lipinski definition) is 4. The minimum atomic E-state index is -3.19. The number of fused-ring (bicyclic) bond motifs is 1. The molecular weight excluding hydrogens is 314 g/mol. The molecule has 7 heteroatoms. The SMILES string of the molecule is CS(=O)(=O)N1Cc2cnn(CC3CC3)c2[C@@H](COCC2CC2)C1. The van der Waals surface area contributed by atoms with Gasteiger partial charge in [-0.2, -0.15) is 9.40 Å². The van der Waals surface area contributed by atoms with Crippen LogP contribution in [0.25, 0.3) is 0 Å². The second kappa shape index (κ2) is 5.86. The highest BCUT2D eigenvalue weighted by molar-refractivity contribution is 7.88. The van der Waals surface area contributed by atoms with Crippen LogP contribution < -0.4 is 0 Å². The Morgan fingerprint density at radius 2 is 1.96 bits per heavy atom. The summed E-state index contributed by atoms with van der Waals surface area (Å²) in [7, 11) is -3.19. The second-order valence-corrected chi connectivity index (χ2v) is 9.40. The molecule has 0 spiro atoms. The number of nitrogens with zero attached hydrogens (tertiary/aromatic N) is 3. The minimum absolute atomic E-state index is 0.0912. The van der Waals surface area contributed by atoms with Crippen LogP contribution in [-0.2, 0) is 27.8 Å². The molecule has 1 aromatic rings. The van der Waals surface area contributed by atoms with Crippen LogP contribution in [0.15, 0.2) is 6.20 Å². The monoisotopic (exact) mass is 339 g/mol. The van der Waals surface area contributed by atoms with E-state index in [4.69, 9.17) is 4.74 Å². The van der Waals surface area contributed by atoms with Crippen molar-refractivity contribution in [1.29, 1.82) is 0 Å². The molecule has 6 nitrogen and oxygen atoms in total. The molecule has 128 valence electrons. The number of aromatic nitrogens is 2. The van der Waals surface area contributed by atoms with Crippen molar-refractivity contribution in [2.45, 2.75) is 44.7 Å². The summed E-state index contributed by atoms with van der Waals surface area (Å²) in [4.78, 5) is 0. The highest BCUT2D eigenvalue weighted by atomic mass is 32.2. The Labute approximate surface area is 137 Å². The van der Waals surface area contributed by atoms with Gasteiger partial charge in [0.25, 0.3) is 0 Å². The summed E-state index contributed by atoms with van der Waals surface area (Å²) in [6, 6.07) is 0. The third-order valence-electron chi connectivity index (χ3n) is 5.08. The first-order valence-corrected chi connectivity index (χ1v) is 10.4. The standard InChI is InChI=1S/C16H25N3O3S/c1-23(20,21)18-8-14-6-17-19(7-12-2-3-12)16(14)15(9-18)11-22-10-13-4-5-13/h6,12-13,15H,2-5,7-11H2,1H3/t15-/m1/s1. The molecule has 1 aliphatic heterocycles. The molecule has 0 amide bonds. The molecular formula is C16H25N3O3S. The second-order valence-electron chi connectivity index (χ2n) is 7.41. The number of rotatable bonds is 7. The lowest BCUT2D eigenvalue weighted by atomic mass is 9.98. The zero-order valence-corrected chi connectivity index (χ0v) is 14.5. The number of hydrogen-bond donors (Lipinski definition) is 0. The van der Waals surface area contributed by atoms with E-state index in [1.807, 2.05) is 6.20 Å². The van der Waals surface area contributed by atoms with Gasteiger partial charge in [-0.05, 0) is 37.5 Å². The van der Waals surface area contributed by atoms with Crippen LogP contribution in [0.5, 0.6) is 0 Å². The van der Waals surface area contributed by atoms with E-state index in [1.165, 1.54) is 37.6 Å². The fourth-order valence-corrected chi connectivity index (χ4v) is 4.18. The molecule has 1 atom stereocenters. The molecule has 23 heavy (non-hydrogen) atoms. The summed E-state index contributed by atoms with van der Waals surface area (Å²) in [5.41, 5.74) is 2.25. The average Bonchev–Trinajstić information content (AvgIpc) is 3.39. The van der Waals surface area contributed by atoms with Gasteiger partial charge in [-0.1, -0.05) is 0 Å². The van der Waals surface area contributed by atoms with Crippen molar-refractivity contribution < 1.29 is 13.2 Å². The van der Waals surface area contributed by atoms with Gasteiger partial charge in [-0.15, -0.1) is 0 Å². The average molecular weight is 339 g/mol. The summed E-state index contributed by atoms with van der Waals surface area (Å²) in [5, 5.41) is 4.54. The highest BCUT2D eigenvalue weighted by Gasteiger charge is 2.35. The summed E-state index contributed by atoms with van der Waals surface area (Å²) >= 11 is 0. The van der Waals surface area contributed by atoms with Gasteiger partial charge in [-0.25, -0.2) is 8.42 Å². The van der Waals surface area contributed by atoms with E-state index in [-0.39, 0.29) is 5.92 Å². The van der Waals surface area contributed by atoms with Gasteiger partial charge in [0.2, 0.25) is 10.0 Å². The van der Waals surface area contributed by atoms with Crippen molar-refractivity contribution in [3.8, 4) is 0 Å². The van der Waals surface area contributed by atoms with E-state index in [1.54, 1.807) is 4.31 Å². The van der Waals surface area contributed by atoms with Gasteiger partial charge in [0.1, 0.15) is 0 Å². The van der Waals surface area contributed by atoms with Crippen LogP contribution in [0.1, 0.15) is 42.9 Å². The Morgan fingerprint density at radius 3 is 2.61 bits per heavy atom. The van der Waals surface area contributed by atoms with Crippen LogP contribution in [-0.4, -0.2) is 48.5 Å². The van der Waals surface area contributed by atoms with Gasteiger partial charge in [0.05, 0.1) is 19.1 Å². The van der Waals surface area contributed by atoms with Gasteiger partial charge in [-0.3, -0.25) is 4.68 Å². The Bertz CT molecular complexity index is 677. The van der Waals surface area contributed by atoms with E-state index in [0.717, 1.165) is 30.6 Å². The third kappa shape index (κ3) is 3.61. The summed E-state index contributed by atoms with van der Waals surface area (Å²) < 4.78 is 33.5. The van der Waals surface area contributed by atoms with Crippen LogP contribution in [0, 0.1) is 11.8 Å². The molecule has 2 heterocycles. The van der Waals surface area contributed by atoms with Gasteiger partial charge >= 0.3 is 0 Å². The molecule has 0 aromatic carbocycles. The maximum Gasteiger partial charge on any atom is 0.211 e. The first-order chi connectivity index (χ1) is 11.0. The first kappa shape index (κ1) is 15.6. The molecule has 2 fully saturated rings. The summed E-state index contributed by atoms with van der Waals surface area (Å²) in [5.74, 6) is 1.56.